The molecule has 128 valence electrons. The number of carbonyl (C=O) groups excluding carboxylic acids is 1. The standard InChI is InChI=1S/C16H18FN3O3S/c1-19-3-5-20(6-4-19)13-11(17)7-9-12(15(13)24-2)18-8-10(14(9)21)16(22)23/h7-8H,3-6H2,1-2H3,(H,18,21)(H,22,23)/p+3. The van der Waals surface area contributed by atoms with Crippen LogP contribution in [-0.4, -0.2) is 56.3 Å². The van der Waals surface area contributed by atoms with Gasteiger partial charge in [0.25, 0.3) is 0 Å². The number of carboxylic acids is 1. The van der Waals surface area contributed by atoms with Gasteiger partial charge in [-0.25, -0.2) is 9.18 Å². The van der Waals surface area contributed by atoms with Crippen molar-refractivity contribution >= 4 is 34.9 Å². The summed E-state index contributed by atoms with van der Waals surface area (Å²) in [5.74, 6) is -2.34. The number of carbonyl (C=O) groups is 2. The van der Waals surface area contributed by atoms with Gasteiger partial charge in [-0.2, -0.15) is 0 Å². The van der Waals surface area contributed by atoms with E-state index in [2.05, 4.69) is 7.05 Å². The Hall–Kier alpha value is -1.74. The summed E-state index contributed by atoms with van der Waals surface area (Å²) < 4.78 is 14.8. The SMILES string of the molecule is CSc1c2c(cc(F)c1[NH+]1CC[NH+](C)CC1)C(=O)C(C(=O)O)=C[NH2+]2. The number of likely N-dealkylation sites (N-methyl/N-ethyl adjacent to an activating group) is 1. The third kappa shape index (κ3) is 2.86. The number of hydrogen-bond acceptors (Lipinski definition) is 3. The molecule has 1 fully saturated rings. The summed E-state index contributed by atoms with van der Waals surface area (Å²) in [5.41, 5.74) is 1.05. The molecule has 24 heavy (non-hydrogen) atoms. The molecule has 0 atom stereocenters. The monoisotopic (exact) mass is 354 g/mol. The Morgan fingerprint density at radius 3 is 2.58 bits per heavy atom. The van der Waals surface area contributed by atoms with Crippen LogP contribution in [0.4, 0.5) is 15.8 Å². The summed E-state index contributed by atoms with van der Waals surface area (Å²) in [5, 5.41) is 10.7. The molecule has 1 saturated heterocycles. The van der Waals surface area contributed by atoms with Gasteiger partial charge < -0.3 is 10.0 Å². The van der Waals surface area contributed by atoms with Gasteiger partial charge in [0.1, 0.15) is 37.3 Å². The zero-order valence-electron chi connectivity index (χ0n) is 13.6. The average Bonchev–Trinajstić information content (AvgIpc) is 2.55. The fraction of sp³-hybridized carbons (Fsp3) is 0.375. The predicted molar refractivity (Wildman–Crippen MR) is 86.8 cm³/mol. The van der Waals surface area contributed by atoms with Crippen molar-refractivity contribution in [3.8, 4) is 0 Å². The zero-order chi connectivity index (χ0) is 17.4. The molecule has 6 nitrogen and oxygen atoms in total. The molecule has 3 rings (SSSR count). The third-order valence-corrected chi connectivity index (χ3v) is 5.51. The van der Waals surface area contributed by atoms with Gasteiger partial charge in [0.2, 0.25) is 5.78 Å². The molecular formula is C16H21FN3O3S+3. The summed E-state index contributed by atoms with van der Waals surface area (Å²) in [7, 11) is 2.13. The van der Waals surface area contributed by atoms with Crippen molar-refractivity contribution in [2.24, 2.45) is 0 Å². The van der Waals surface area contributed by atoms with Crippen molar-refractivity contribution in [3.05, 3.63) is 29.2 Å². The number of hydrogen-bond donors (Lipinski definition) is 4. The molecule has 2 heterocycles. The lowest BCUT2D eigenvalue weighted by atomic mass is 9.98. The number of thioether (sulfide) groups is 1. The van der Waals surface area contributed by atoms with E-state index < -0.39 is 17.6 Å². The molecule has 0 saturated carbocycles. The average molecular weight is 354 g/mol. The molecule has 0 aliphatic carbocycles. The Morgan fingerprint density at radius 2 is 2.00 bits per heavy atom. The van der Waals surface area contributed by atoms with E-state index in [4.69, 9.17) is 5.11 Å². The van der Waals surface area contributed by atoms with Crippen molar-refractivity contribution in [2.75, 3.05) is 39.5 Å². The Bertz CT molecular complexity index is 743. The van der Waals surface area contributed by atoms with Crippen LogP contribution in [0.1, 0.15) is 10.4 Å². The molecule has 2 aliphatic rings. The van der Waals surface area contributed by atoms with E-state index in [1.807, 2.05) is 6.26 Å². The van der Waals surface area contributed by atoms with Crippen molar-refractivity contribution in [3.63, 3.8) is 0 Å². The van der Waals surface area contributed by atoms with Gasteiger partial charge in [-0.1, -0.05) is 0 Å². The normalized spacial score (nSPS) is 23.6. The maximum Gasteiger partial charge on any atom is 0.345 e. The number of benzene rings is 1. The van der Waals surface area contributed by atoms with Crippen LogP contribution in [0.5, 0.6) is 0 Å². The van der Waals surface area contributed by atoms with Gasteiger partial charge in [-0.3, -0.25) is 15.0 Å². The number of fused-ring (bicyclic) bond motifs is 1. The Kier molecular flexibility index (Phi) is 4.73. The summed E-state index contributed by atoms with van der Waals surface area (Å²) in [4.78, 5) is 26.7. The van der Waals surface area contributed by atoms with Crippen LogP contribution in [0, 0.1) is 5.82 Å². The Balaban J connectivity index is 2.07. The van der Waals surface area contributed by atoms with Crippen LogP contribution in [-0.2, 0) is 4.79 Å². The van der Waals surface area contributed by atoms with Crippen LogP contribution >= 0.6 is 11.8 Å². The number of piperazine rings is 1. The minimum atomic E-state index is -1.29. The van der Waals surface area contributed by atoms with Crippen molar-refractivity contribution in [2.45, 2.75) is 4.90 Å². The number of ketones is 1. The van der Waals surface area contributed by atoms with Gasteiger partial charge in [-0.05, 0) is 12.3 Å². The van der Waals surface area contributed by atoms with Crippen molar-refractivity contribution in [1.29, 1.82) is 0 Å². The van der Waals surface area contributed by atoms with E-state index in [9.17, 15) is 14.0 Å². The van der Waals surface area contributed by atoms with Crippen LogP contribution in [0.3, 0.4) is 0 Å². The van der Waals surface area contributed by atoms with E-state index >= 15 is 0 Å². The number of carboxylic acid groups (broad SMARTS) is 1. The second-order valence-corrected chi connectivity index (χ2v) is 6.99. The van der Waals surface area contributed by atoms with Crippen molar-refractivity contribution in [1.82, 2.24) is 0 Å². The molecule has 5 N–H and O–H groups in total. The van der Waals surface area contributed by atoms with Gasteiger partial charge in [0.05, 0.1) is 12.6 Å². The van der Waals surface area contributed by atoms with Crippen LogP contribution in [0.2, 0.25) is 0 Å². The number of nitrogens with one attached hydrogen (secondary N) is 2. The fourth-order valence-electron chi connectivity index (χ4n) is 3.32. The summed E-state index contributed by atoms with van der Waals surface area (Å²) in [6, 6.07) is 1.21. The highest BCUT2D eigenvalue weighted by molar-refractivity contribution is 7.98. The molecule has 1 aromatic rings. The lowest BCUT2D eigenvalue weighted by Crippen LogP contribution is -3.25. The Morgan fingerprint density at radius 1 is 1.33 bits per heavy atom. The number of Topliss-reactive ketones (excluding diaryl/α,β-unsaturated/α-hetero) is 1. The molecule has 1 aromatic carbocycles. The fourth-order valence-corrected chi connectivity index (χ4v) is 4.17. The first kappa shape index (κ1) is 17.1. The maximum atomic E-state index is 14.8. The van der Waals surface area contributed by atoms with Crippen LogP contribution in [0.25, 0.3) is 0 Å². The molecule has 0 bridgehead atoms. The number of halogens is 1. The highest BCUT2D eigenvalue weighted by Gasteiger charge is 2.37. The molecule has 0 unspecified atom stereocenters. The quantitative estimate of drug-likeness (QED) is 0.286. The molecule has 8 heteroatoms. The lowest BCUT2D eigenvalue weighted by molar-refractivity contribution is -0.976. The van der Waals surface area contributed by atoms with Crippen LogP contribution in [0.15, 0.2) is 22.7 Å². The first-order valence-electron chi connectivity index (χ1n) is 7.84. The summed E-state index contributed by atoms with van der Waals surface area (Å²) in [6.07, 6.45) is 3.17. The number of quaternary nitrogens is 3. The molecule has 0 aromatic heterocycles. The van der Waals surface area contributed by atoms with E-state index in [0.29, 0.717) is 11.4 Å². The van der Waals surface area contributed by atoms with Gasteiger partial charge in [0.15, 0.2) is 22.8 Å². The maximum absolute atomic E-state index is 14.8. The van der Waals surface area contributed by atoms with Crippen LogP contribution < -0.4 is 15.1 Å². The smallest absolute Gasteiger partial charge is 0.345 e. The molecular weight excluding hydrogens is 333 g/mol. The highest BCUT2D eigenvalue weighted by atomic mass is 32.2. The molecule has 2 aliphatic heterocycles. The third-order valence-electron chi connectivity index (χ3n) is 4.67. The molecule has 0 spiro atoms. The largest absolute Gasteiger partial charge is 0.477 e. The predicted octanol–water partition coefficient (Wildman–Crippen LogP) is -2.05. The number of rotatable bonds is 3. The minimum Gasteiger partial charge on any atom is -0.477 e. The van der Waals surface area contributed by atoms with E-state index in [1.165, 1.54) is 28.9 Å². The van der Waals surface area contributed by atoms with Gasteiger partial charge in [0, 0.05) is 0 Å². The molecule has 0 amide bonds. The highest BCUT2D eigenvalue weighted by Crippen LogP contribution is 2.35. The van der Waals surface area contributed by atoms with Gasteiger partial charge >= 0.3 is 5.97 Å². The van der Waals surface area contributed by atoms with E-state index in [0.717, 1.165) is 36.0 Å². The van der Waals surface area contributed by atoms with E-state index in [-0.39, 0.29) is 11.1 Å². The Labute approximate surface area is 143 Å². The lowest BCUT2D eigenvalue weighted by Gasteiger charge is -2.28. The van der Waals surface area contributed by atoms with E-state index in [1.54, 1.807) is 5.32 Å². The topological polar surface area (TPSA) is 79.9 Å². The van der Waals surface area contributed by atoms with Crippen molar-refractivity contribution < 1.29 is 34.2 Å². The zero-order valence-corrected chi connectivity index (χ0v) is 14.4. The first-order valence-corrected chi connectivity index (χ1v) is 9.06. The summed E-state index contributed by atoms with van der Waals surface area (Å²) >= 11 is 1.40. The number of nitrogens with two attached hydrogens (primary N) is 1. The number of aliphatic carboxylic acids is 1. The second kappa shape index (κ2) is 6.64. The minimum absolute atomic E-state index is 0.139. The second-order valence-electron chi connectivity index (χ2n) is 6.17. The summed E-state index contributed by atoms with van der Waals surface area (Å²) in [6.45, 7) is 3.59. The van der Waals surface area contributed by atoms with Gasteiger partial charge in [-0.15, -0.1) is 11.8 Å². The molecule has 0 radical (unpaired) electrons. The first-order chi connectivity index (χ1) is 11.4.